The number of halogens is 1. The van der Waals surface area contributed by atoms with Gasteiger partial charge >= 0.3 is 5.97 Å². The first-order chi connectivity index (χ1) is 6.09. The molecule has 0 spiro atoms. The lowest BCUT2D eigenvalue weighted by atomic mass is 10.5. The molecular weight excluding hydrogens is 210 g/mol. The van der Waals surface area contributed by atoms with Crippen molar-refractivity contribution in [3.05, 3.63) is 23.4 Å². The van der Waals surface area contributed by atoms with Gasteiger partial charge in [0.05, 0.1) is 10.0 Å². The van der Waals surface area contributed by atoms with Crippen LogP contribution in [0.2, 0.25) is 5.02 Å². The summed E-state index contributed by atoms with van der Waals surface area (Å²) >= 11 is 6.81. The Bertz CT molecular complexity index is 302. The van der Waals surface area contributed by atoms with Gasteiger partial charge in [0, 0.05) is 6.20 Å². The fourth-order valence-electron chi connectivity index (χ4n) is 0.663. The van der Waals surface area contributed by atoms with Crippen molar-refractivity contribution in [3.8, 4) is 0 Å². The average molecular weight is 218 g/mol. The van der Waals surface area contributed by atoms with Crippen LogP contribution in [-0.2, 0) is 4.79 Å². The lowest BCUT2D eigenvalue weighted by Gasteiger charge is -2.04. The van der Waals surface area contributed by atoms with Gasteiger partial charge in [-0.2, -0.15) is 0 Å². The van der Waals surface area contributed by atoms with E-state index in [2.05, 4.69) is 4.98 Å². The second kappa shape index (κ2) is 4.48. The summed E-state index contributed by atoms with van der Waals surface area (Å²) in [4.78, 5) is 14.5. The Morgan fingerprint density at radius 2 is 2.38 bits per heavy atom. The molecule has 1 aromatic rings. The molecular formula is C8H8ClNO2S. The molecule has 1 heterocycles. The van der Waals surface area contributed by atoms with Gasteiger partial charge in [-0.15, -0.1) is 0 Å². The minimum Gasteiger partial charge on any atom is -0.480 e. The molecule has 0 bridgehead atoms. The molecule has 0 aliphatic rings. The van der Waals surface area contributed by atoms with Crippen LogP contribution in [0.4, 0.5) is 0 Å². The SMILES string of the molecule is C[C@H](Sc1ccc(Cl)cn1)C(=O)O. The summed E-state index contributed by atoms with van der Waals surface area (Å²) in [6, 6.07) is 3.39. The van der Waals surface area contributed by atoms with Crippen LogP contribution in [-0.4, -0.2) is 21.3 Å². The van der Waals surface area contributed by atoms with Crippen molar-refractivity contribution in [2.45, 2.75) is 17.2 Å². The molecule has 13 heavy (non-hydrogen) atoms. The maximum absolute atomic E-state index is 10.5. The summed E-state index contributed by atoms with van der Waals surface area (Å²) in [5.41, 5.74) is 0. The quantitative estimate of drug-likeness (QED) is 0.790. The van der Waals surface area contributed by atoms with Crippen LogP contribution in [0.25, 0.3) is 0 Å². The zero-order chi connectivity index (χ0) is 9.84. The first kappa shape index (κ1) is 10.3. The van der Waals surface area contributed by atoms with Gasteiger partial charge in [-0.1, -0.05) is 23.4 Å². The molecule has 0 saturated heterocycles. The third-order valence-electron chi connectivity index (χ3n) is 1.35. The van der Waals surface area contributed by atoms with Gasteiger partial charge in [0.1, 0.15) is 5.25 Å². The number of carboxylic acids is 1. The van der Waals surface area contributed by atoms with Crippen molar-refractivity contribution in [1.82, 2.24) is 4.98 Å². The smallest absolute Gasteiger partial charge is 0.316 e. The lowest BCUT2D eigenvalue weighted by molar-refractivity contribution is -0.136. The van der Waals surface area contributed by atoms with E-state index in [0.717, 1.165) is 0 Å². The predicted octanol–water partition coefficient (Wildman–Crippen LogP) is 2.30. The zero-order valence-electron chi connectivity index (χ0n) is 6.90. The average Bonchev–Trinajstić information content (AvgIpc) is 2.08. The van der Waals surface area contributed by atoms with Crippen LogP contribution >= 0.6 is 23.4 Å². The molecule has 0 unspecified atom stereocenters. The highest BCUT2D eigenvalue weighted by Crippen LogP contribution is 2.21. The molecule has 0 radical (unpaired) electrons. The molecule has 0 saturated carbocycles. The Balaban J connectivity index is 2.64. The molecule has 1 atom stereocenters. The van der Waals surface area contributed by atoms with Crippen LogP contribution in [0.1, 0.15) is 6.92 Å². The highest BCUT2D eigenvalue weighted by Gasteiger charge is 2.12. The molecule has 0 amide bonds. The Hall–Kier alpha value is -0.740. The van der Waals surface area contributed by atoms with Gasteiger partial charge < -0.3 is 5.11 Å². The fourth-order valence-corrected chi connectivity index (χ4v) is 1.50. The largest absolute Gasteiger partial charge is 0.480 e. The number of hydrogen-bond acceptors (Lipinski definition) is 3. The van der Waals surface area contributed by atoms with Crippen molar-refractivity contribution in [3.63, 3.8) is 0 Å². The van der Waals surface area contributed by atoms with Gasteiger partial charge in [-0.25, -0.2) is 4.98 Å². The number of hydrogen-bond donors (Lipinski definition) is 1. The summed E-state index contributed by atoms with van der Waals surface area (Å²) in [5, 5.41) is 9.35. The van der Waals surface area contributed by atoms with E-state index in [0.29, 0.717) is 10.0 Å². The Morgan fingerprint density at radius 1 is 1.69 bits per heavy atom. The van der Waals surface area contributed by atoms with E-state index >= 15 is 0 Å². The van der Waals surface area contributed by atoms with E-state index in [1.807, 2.05) is 0 Å². The molecule has 0 fully saturated rings. The van der Waals surface area contributed by atoms with E-state index in [4.69, 9.17) is 16.7 Å². The fraction of sp³-hybridized carbons (Fsp3) is 0.250. The molecule has 70 valence electrons. The van der Waals surface area contributed by atoms with Crippen LogP contribution < -0.4 is 0 Å². The van der Waals surface area contributed by atoms with E-state index in [1.54, 1.807) is 19.1 Å². The molecule has 0 aliphatic carbocycles. The Morgan fingerprint density at radius 3 is 2.85 bits per heavy atom. The van der Waals surface area contributed by atoms with E-state index in [9.17, 15) is 4.79 Å². The summed E-state index contributed by atoms with van der Waals surface area (Å²) in [7, 11) is 0. The monoisotopic (exact) mass is 217 g/mol. The standard InChI is InChI=1S/C8H8ClNO2S/c1-5(8(11)12)13-7-3-2-6(9)4-10-7/h2-5H,1H3,(H,11,12)/t5-/m0/s1. The summed E-state index contributed by atoms with van der Waals surface area (Å²) < 4.78 is 0. The number of aliphatic carboxylic acids is 1. The van der Waals surface area contributed by atoms with Crippen molar-refractivity contribution in [1.29, 1.82) is 0 Å². The number of rotatable bonds is 3. The van der Waals surface area contributed by atoms with Crippen molar-refractivity contribution in [2.75, 3.05) is 0 Å². The van der Waals surface area contributed by atoms with Crippen LogP contribution in [0, 0.1) is 0 Å². The van der Waals surface area contributed by atoms with Crippen LogP contribution in [0.15, 0.2) is 23.4 Å². The summed E-state index contributed by atoms with van der Waals surface area (Å²) in [6.45, 7) is 1.61. The minimum absolute atomic E-state index is 0.492. The molecule has 1 N–H and O–H groups in total. The molecule has 3 nitrogen and oxygen atoms in total. The van der Waals surface area contributed by atoms with E-state index in [1.165, 1.54) is 18.0 Å². The van der Waals surface area contributed by atoms with E-state index < -0.39 is 11.2 Å². The van der Waals surface area contributed by atoms with Gasteiger partial charge in [0.2, 0.25) is 0 Å². The molecule has 1 rings (SSSR count). The van der Waals surface area contributed by atoms with E-state index in [-0.39, 0.29) is 0 Å². The molecule has 5 heteroatoms. The maximum atomic E-state index is 10.5. The normalized spacial score (nSPS) is 12.5. The molecule has 0 aromatic carbocycles. The molecule has 1 aromatic heterocycles. The first-order valence-corrected chi connectivity index (χ1v) is 4.86. The molecule has 0 aliphatic heterocycles. The Labute approximate surface area is 85.1 Å². The zero-order valence-corrected chi connectivity index (χ0v) is 8.47. The predicted molar refractivity (Wildman–Crippen MR) is 52.2 cm³/mol. The maximum Gasteiger partial charge on any atom is 0.316 e. The highest BCUT2D eigenvalue weighted by molar-refractivity contribution is 8.00. The number of aromatic nitrogens is 1. The number of thioether (sulfide) groups is 1. The third kappa shape index (κ3) is 3.24. The number of carbonyl (C=O) groups is 1. The topological polar surface area (TPSA) is 50.2 Å². The number of pyridine rings is 1. The van der Waals surface area contributed by atoms with Gasteiger partial charge in [0.25, 0.3) is 0 Å². The number of carboxylic acid groups (broad SMARTS) is 1. The van der Waals surface area contributed by atoms with Gasteiger partial charge in [-0.05, 0) is 19.1 Å². The highest BCUT2D eigenvalue weighted by atomic mass is 35.5. The second-order valence-electron chi connectivity index (χ2n) is 2.41. The van der Waals surface area contributed by atoms with Crippen molar-refractivity contribution >= 4 is 29.3 Å². The van der Waals surface area contributed by atoms with Gasteiger partial charge in [0.15, 0.2) is 0 Å². The Kier molecular flexibility index (Phi) is 3.57. The summed E-state index contributed by atoms with van der Waals surface area (Å²) in [6.07, 6.45) is 1.50. The number of nitrogens with zero attached hydrogens (tertiary/aromatic N) is 1. The van der Waals surface area contributed by atoms with Crippen LogP contribution in [0.5, 0.6) is 0 Å². The third-order valence-corrected chi connectivity index (χ3v) is 2.61. The second-order valence-corrected chi connectivity index (χ2v) is 4.21. The van der Waals surface area contributed by atoms with Crippen LogP contribution in [0.3, 0.4) is 0 Å². The van der Waals surface area contributed by atoms with Crippen molar-refractivity contribution in [2.24, 2.45) is 0 Å². The summed E-state index contributed by atoms with van der Waals surface area (Å²) in [5.74, 6) is -0.846. The van der Waals surface area contributed by atoms with Gasteiger partial charge in [-0.3, -0.25) is 4.79 Å². The lowest BCUT2D eigenvalue weighted by Crippen LogP contribution is -2.11. The van der Waals surface area contributed by atoms with Crippen molar-refractivity contribution < 1.29 is 9.90 Å². The first-order valence-electron chi connectivity index (χ1n) is 3.60. The minimum atomic E-state index is -0.846.